The fraction of sp³-hybridized carbons (Fsp3) is 0.625. The molecule has 0 bridgehead atoms. The number of benzene rings is 1. The summed E-state index contributed by atoms with van der Waals surface area (Å²) in [5, 5.41) is 13.4. The van der Waals surface area contributed by atoms with Gasteiger partial charge in [0.2, 0.25) is 0 Å². The molecule has 2 nitrogen and oxygen atoms in total. The van der Waals surface area contributed by atoms with Crippen LogP contribution in [0.1, 0.15) is 43.7 Å². The molecule has 1 aliphatic carbocycles. The van der Waals surface area contributed by atoms with Crippen LogP contribution >= 0.6 is 0 Å². The fourth-order valence-corrected chi connectivity index (χ4v) is 3.11. The van der Waals surface area contributed by atoms with Crippen LogP contribution in [0.25, 0.3) is 0 Å². The Hall–Kier alpha value is -0.860. The average molecular weight is 247 g/mol. The van der Waals surface area contributed by atoms with Gasteiger partial charge in [-0.15, -0.1) is 0 Å². The standard InChI is InChI=1S/C16H25NO/c1-13-6-5-9-16(10-13,12-18)17-11-15-8-4-3-7-14(15)2/h3-4,7-8,13,17-18H,5-6,9-12H2,1-2H3. The highest BCUT2D eigenvalue weighted by atomic mass is 16.3. The Kier molecular flexibility index (Phi) is 4.41. The van der Waals surface area contributed by atoms with Gasteiger partial charge in [0.25, 0.3) is 0 Å². The number of rotatable bonds is 4. The van der Waals surface area contributed by atoms with E-state index >= 15 is 0 Å². The lowest BCUT2D eigenvalue weighted by Crippen LogP contribution is -2.51. The molecule has 1 aliphatic rings. The lowest BCUT2D eigenvalue weighted by Gasteiger charge is -2.39. The number of aliphatic hydroxyl groups is 1. The molecule has 1 saturated carbocycles. The highest BCUT2D eigenvalue weighted by Crippen LogP contribution is 2.32. The van der Waals surface area contributed by atoms with Crippen molar-refractivity contribution in [2.75, 3.05) is 6.61 Å². The Morgan fingerprint density at radius 3 is 2.83 bits per heavy atom. The molecule has 0 amide bonds. The molecule has 0 spiro atoms. The van der Waals surface area contributed by atoms with Gasteiger partial charge in [-0.3, -0.25) is 0 Å². The number of hydrogen-bond donors (Lipinski definition) is 2. The van der Waals surface area contributed by atoms with Crippen molar-refractivity contribution in [3.63, 3.8) is 0 Å². The van der Waals surface area contributed by atoms with E-state index in [9.17, 15) is 5.11 Å². The molecule has 2 unspecified atom stereocenters. The van der Waals surface area contributed by atoms with Crippen LogP contribution in [0.5, 0.6) is 0 Å². The van der Waals surface area contributed by atoms with Crippen molar-refractivity contribution >= 4 is 0 Å². The molecule has 0 radical (unpaired) electrons. The second-order valence-electron chi connectivity index (χ2n) is 5.92. The van der Waals surface area contributed by atoms with Gasteiger partial charge in [-0.2, -0.15) is 0 Å². The maximum atomic E-state index is 9.74. The Labute approximate surface area is 110 Å². The van der Waals surface area contributed by atoms with E-state index in [-0.39, 0.29) is 12.1 Å². The van der Waals surface area contributed by atoms with Crippen LogP contribution < -0.4 is 5.32 Å². The summed E-state index contributed by atoms with van der Waals surface area (Å²) in [5.74, 6) is 0.718. The minimum absolute atomic E-state index is 0.0556. The van der Waals surface area contributed by atoms with Gasteiger partial charge >= 0.3 is 0 Å². The van der Waals surface area contributed by atoms with E-state index in [0.29, 0.717) is 0 Å². The van der Waals surface area contributed by atoms with E-state index < -0.39 is 0 Å². The predicted molar refractivity (Wildman–Crippen MR) is 75.5 cm³/mol. The van der Waals surface area contributed by atoms with Crippen LogP contribution in [0.15, 0.2) is 24.3 Å². The van der Waals surface area contributed by atoms with Crippen LogP contribution in [-0.4, -0.2) is 17.3 Å². The van der Waals surface area contributed by atoms with Gasteiger partial charge in [-0.05, 0) is 36.8 Å². The molecule has 2 heteroatoms. The van der Waals surface area contributed by atoms with Gasteiger partial charge in [-0.1, -0.05) is 44.0 Å². The van der Waals surface area contributed by atoms with Crippen molar-refractivity contribution in [3.8, 4) is 0 Å². The molecular formula is C16H25NO. The van der Waals surface area contributed by atoms with Crippen molar-refractivity contribution in [3.05, 3.63) is 35.4 Å². The first-order chi connectivity index (χ1) is 8.65. The van der Waals surface area contributed by atoms with Gasteiger partial charge in [0.15, 0.2) is 0 Å². The van der Waals surface area contributed by atoms with Crippen molar-refractivity contribution in [2.45, 2.75) is 51.6 Å². The van der Waals surface area contributed by atoms with Gasteiger partial charge in [0.1, 0.15) is 0 Å². The van der Waals surface area contributed by atoms with E-state index in [1.165, 1.54) is 24.0 Å². The monoisotopic (exact) mass is 247 g/mol. The molecule has 0 aliphatic heterocycles. The fourth-order valence-electron chi connectivity index (χ4n) is 3.11. The second kappa shape index (κ2) is 5.85. The smallest absolute Gasteiger partial charge is 0.0613 e. The van der Waals surface area contributed by atoms with Crippen LogP contribution in [0.4, 0.5) is 0 Å². The Morgan fingerprint density at radius 1 is 1.39 bits per heavy atom. The minimum atomic E-state index is -0.0556. The van der Waals surface area contributed by atoms with E-state index in [4.69, 9.17) is 0 Å². The van der Waals surface area contributed by atoms with Crippen LogP contribution in [-0.2, 0) is 6.54 Å². The second-order valence-corrected chi connectivity index (χ2v) is 5.92. The summed E-state index contributed by atoms with van der Waals surface area (Å²) in [5.41, 5.74) is 2.60. The summed E-state index contributed by atoms with van der Waals surface area (Å²) in [6.07, 6.45) is 4.71. The zero-order chi connectivity index (χ0) is 13.0. The zero-order valence-electron chi connectivity index (χ0n) is 11.6. The highest BCUT2D eigenvalue weighted by molar-refractivity contribution is 5.25. The molecule has 100 valence electrons. The summed E-state index contributed by atoms with van der Waals surface area (Å²) in [4.78, 5) is 0. The van der Waals surface area contributed by atoms with Crippen molar-refractivity contribution in [2.24, 2.45) is 5.92 Å². The first kappa shape index (κ1) is 13.6. The number of hydrogen-bond acceptors (Lipinski definition) is 2. The minimum Gasteiger partial charge on any atom is -0.394 e. The normalized spacial score (nSPS) is 28.3. The Bertz CT molecular complexity index is 390. The van der Waals surface area contributed by atoms with Crippen LogP contribution in [0.3, 0.4) is 0 Å². The third kappa shape index (κ3) is 3.12. The molecule has 2 N–H and O–H groups in total. The Balaban J connectivity index is 2.01. The molecule has 0 saturated heterocycles. The molecule has 1 fully saturated rings. The summed E-state index contributed by atoms with van der Waals surface area (Å²) < 4.78 is 0. The lowest BCUT2D eigenvalue weighted by molar-refractivity contribution is 0.0982. The summed E-state index contributed by atoms with van der Waals surface area (Å²) in [6, 6.07) is 8.47. The van der Waals surface area contributed by atoms with E-state index in [2.05, 4.69) is 43.4 Å². The number of nitrogens with one attached hydrogen (secondary N) is 1. The summed E-state index contributed by atoms with van der Waals surface area (Å²) >= 11 is 0. The summed E-state index contributed by atoms with van der Waals surface area (Å²) in [7, 11) is 0. The first-order valence-corrected chi connectivity index (χ1v) is 7.06. The van der Waals surface area contributed by atoms with E-state index in [0.717, 1.165) is 25.3 Å². The van der Waals surface area contributed by atoms with Gasteiger partial charge in [0.05, 0.1) is 6.61 Å². The largest absolute Gasteiger partial charge is 0.394 e. The molecule has 1 aromatic carbocycles. The third-order valence-corrected chi connectivity index (χ3v) is 4.31. The van der Waals surface area contributed by atoms with E-state index in [1.807, 2.05) is 0 Å². The lowest BCUT2D eigenvalue weighted by atomic mass is 9.76. The van der Waals surface area contributed by atoms with Crippen molar-refractivity contribution in [1.29, 1.82) is 0 Å². The highest BCUT2D eigenvalue weighted by Gasteiger charge is 2.33. The van der Waals surface area contributed by atoms with Gasteiger partial charge < -0.3 is 10.4 Å². The molecule has 18 heavy (non-hydrogen) atoms. The quantitative estimate of drug-likeness (QED) is 0.857. The molecule has 2 atom stereocenters. The summed E-state index contributed by atoms with van der Waals surface area (Å²) in [6.45, 7) is 5.55. The van der Waals surface area contributed by atoms with Crippen molar-refractivity contribution < 1.29 is 5.11 Å². The number of aliphatic hydroxyl groups excluding tert-OH is 1. The molecule has 2 rings (SSSR count). The van der Waals surface area contributed by atoms with Crippen molar-refractivity contribution in [1.82, 2.24) is 5.32 Å². The Morgan fingerprint density at radius 2 is 2.17 bits per heavy atom. The van der Waals surface area contributed by atoms with Gasteiger partial charge in [-0.25, -0.2) is 0 Å². The molecule has 1 aromatic rings. The topological polar surface area (TPSA) is 32.3 Å². The first-order valence-electron chi connectivity index (χ1n) is 7.06. The van der Waals surface area contributed by atoms with Crippen LogP contribution in [0, 0.1) is 12.8 Å². The maximum Gasteiger partial charge on any atom is 0.0613 e. The predicted octanol–water partition coefficient (Wildman–Crippen LogP) is 3.03. The third-order valence-electron chi connectivity index (χ3n) is 4.31. The van der Waals surface area contributed by atoms with Gasteiger partial charge in [0, 0.05) is 12.1 Å². The molecular weight excluding hydrogens is 222 g/mol. The SMILES string of the molecule is Cc1ccccc1CNC1(CO)CCCC(C)C1. The molecule has 0 heterocycles. The maximum absolute atomic E-state index is 9.74. The molecule has 0 aromatic heterocycles. The van der Waals surface area contributed by atoms with E-state index in [1.54, 1.807) is 0 Å². The zero-order valence-corrected chi connectivity index (χ0v) is 11.6. The number of aryl methyl sites for hydroxylation is 1. The average Bonchev–Trinajstić information content (AvgIpc) is 2.38. The van der Waals surface area contributed by atoms with Crippen LogP contribution in [0.2, 0.25) is 0 Å².